The Balaban J connectivity index is 1.76. The summed E-state index contributed by atoms with van der Waals surface area (Å²) in [6.07, 6.45) is 2.48. The van der Waals surface area contributed by atoms with E-state index in [4.69, 9.17) is 4.74 Å². The number of nitrogens with zero attached hydrogens (tertiary/aromatic N) is 3. The number of aromatic nitrogens is 2. The molecular weight excluding hydrogens is 276 g/mol. The molecule has 1 aliphatic heterocycles. The number of hydrogen-bond donors (Lipinski definition) is 1. The third-order valence-corrected chi connectivity index (χ3v) is 3.69. The normalized spacial score (nSPS) is 14.2. The van der Waals surface area contributed by atoms with Gasteiger partial charge >= 0.3 is 0 Å². The van der Waals surface area contributed by atoms with Crippen LogP contribution in [-0.4, -0.2) is 29.7 Å². The van der Waals surface area contributed by atoms with E-state index in [0.717, 1.165) is 36.0 Å². The van der Waals surface area contributed by atoms with Crippen molar-refractivity contribution in [3.8, 4) is 5.75 Å². The molecule has 116 valence electrons. The molecule has 0 amide bonds. The number of rotatable bonds is 5. The lowest BCUT2D eigenvalue weighted by atomic mass is 10.3. The van der Waals surface area contributed by atoms with Crippen LogP contribution in [0.3, 0.4) is 0 Å². The molecule has 0 unspecified atom stereocenters. The maximum absolute atomic E-state index is 5.45. The first kappa shape index (κ1) is 14.6. The third-order valence-electron chi connectivity index (χ3n) is 3.69. The molecule has 0 atom stereocenters. The van der Waals surface area contributed by atoms with Gasteiger partial charge in [-0.25, -0.2) is 4.98 Å². The highest BCUT2D eigenvalue weighted by molar-refractivity contribution is 5.56. The molecule has 5 nitrogen and oxygen atoms in total. The molecule has 0 bridgehead atoms. The van der Waals surface area contributed by atoms with Gasteiger partial charge in [-0.3, -0.25) is 0 Å². The van der Waals surface area contributed by atoms with Crippen molar-refractivity contribution in [2.75, 3.05) is 29.9 Å². The second kappa shape index (κ2) is 6.64. The lowest BCUT2D eigenvalue weighted by Crippen LogP contribution is -2.19. The van der Waals surface area contributed by atoms with Gasteiger partial charge in [0.1, 0.15) is 11.6 Å². The molecule has 2 heterocycles. The number of benzene rings is 1. The molecule has 1 saturated heterocycles. The van der Waals surface area contributed by atoms with Crippen molar-refractivity contribution < 1.29 is 4.74 Å². The smallest absolute Gasteiger partial charge is 0.229 e. The lowest BCUT2D eigenvalue weighted by Gasteiger charge is -2.17. The quantitative estimate of drug-likeness (QED) is 0.915. The van der Waals surface area contributed by atoms with E-state index in [1.54, 1.807) is 0 Å². The Hall–Kier alpha value is -2.30. The van der Waals surface area contributed by atoms with Gasteiger partial charge in [-0.1, -0.05) is 0 Å². The molecular formula is C17H22N4O. The van der Waals surface area contributed by atoms with E-state index < -0.39 is 0 Å². The van der Waals surface area contributed by atoms with Crippen molar-refractivity contribution in [1.29, 1.82) is 0 Å². The van der Waals surface area contributed by atoms with Gasteiger partial charge in [-0.05, 0) is 51.0 Å². The maximum atomic E-state index is 5.45. The van der Waals surface area contributed by atoms with Crippen LogP contribution in [0.2, 0.25) is 0 Å². The first-order chi connectivity index (χ1) is 10.7. The van der Waals surface area contributed by atoms with E-state index in [0.29, 0.717) is 12.6 Å². The van der Waals surface area contributed by atoms with Crippen LogP contribution in [0.5, 0.6) is 5.75 Å². The number of nitrogens with one attached hydrogen (secondary N) is 1. The number of anilines is 3. The highest BCUT2D eigenvalue weighted by atomic mass is 16.5. The van der Waals surface area contributed by atoms with Crippen LogP contribution in [0.15, 0.2) is 30.3 Å². The summed E-state index contributed by atoms with van der Waals surface area (Å²) < 4.78 is 5.45. The van der Waals surface area contributed by atoms with E-state index in [2.05, 4.69) is 26.3 Å². The summed E-state index contributed by atoms with van der Waals surface area (Å²) in [6, 6.07) is 9.90. The molecule has 0 saturated carbocycles. The highest BCUT2D eigenvalue weighted by Gasteiger charge is 2.15. The molecule has 5 heteroatoms. The SMILES string of the molecule is CCOc1ccc(Nc2nc(C)cc(N3CCCC3)n2)cc1. The van der Waals surface area contributed by atoms with Crippen LogP contribution >= 0.6 is 0 Å². The van der Waals surface area contributed by atoms with Crippen molar-refractivity contribution in [2.45, 2.75) is 26.7 Å². The molecule has 3 rings (SSSR count). The minimum absolute atomic E-state index is 0.644. The van der Waals surface area contributed by atoms with Gasteiger partial charge in [-0.2, -0.15) is 4.98 Å². The van der Waals surface area contributed by atoms with Gasteiger partial charge in [0.2, 0.25) is 5.95 Å². The van der Waals surface area contributed by atoms with Gasteiger partial charge in [0, 0.05) is 30.5 Å². The summed E-state index contributed by atoms with van der Waals surface area (Å²) in [5, 5.41) is 3.27. The third kappa shape index (κ3) is 3.47. The molecule has 1 aromatic heterocycles. The summed E-state index contributed by atoms with van der Waals surface area (Å²) in [5.41, 5.74) is 1.94. The fraction of sp³-hybridized carbons (Fsp3) is 0.412. The topological polar surface area (TPSA) is 50.3 Å². The average molecular weight is 298 g/mol. The Morgan fingerprint density at radius 2 is 1.86 bits per heavy atom. The van der Waals surface area contributed by atoms with E-state index in [-0.39, 0.29) is 0 Å². The van der Waals surface area contributed by atoms with Crippen LogP contribution in [0.1, 0.15) is 25.5 Å². The molecule has 1 aromatic carbocycles. The van der Waals surface area contributed by atoms with Crippen molar-refractivity contribution in [3.05, 3.63) is 36.0 Å². The second-order valence-corrected chi connectivity index (χ2v) is 5.47. The predicted octanol–water partition coefficient (Wildman–Crippen LogP) is 3.53. The maximum Gasteiger partial charge on any atom is 0.229 e. The molecule has 2 aromatic rings. The van der Waals surface area contributed by atoms with Crippen LogP contribution in [0, 0.1) is 6.92 Å². The van der Waals surface area contributed by atoms with Crippen LogP contribution in [0.25, 0.3) is 0 Å². The fourth-order valence-corrected chi connectivity index (χ4v) is 2.65. The Labute approximate surface area is 131 Å². The summed E-state index contributed by atoms with van der Waals surface area (Å²) >= 11 is 0. The summed E-state index contributed by atoms with van der Waals surface area (Å²) in [6.45, 7) is 6.82. The molecule has 0 aliphatic carbocycles. The molecule has 0 radical (unpaired) electrons. The minimum Gasteiger partial charge on any atom is -0.494 e. The zero-order valence-corrected chi connectivity index (χ0v) is 13.2. The van der Waals surface area contributed by atoms with Crippen molar-refractivity contribution in [2.24, 2.45) is 0 Å². The second-order valence-electron chi connectivity index (χ2n) is 5.47. The molecule has 1 aliphatic rings. The van der Waals surface area contributed by atoms with Gasteiger partial charge < -0.3 is 15.0 Å². The van der Waals surface area contributed by atoms with E-state index in [1.807, 2.05) is 38.1 Å². The summed E-state index contributed by atoms with van der Waals surface area (Å²) in [5.74, 6) is 2.53. The first-order valence-electron chi connectivity index (χ1n) is 7.85. The van der Waals surface area contributed by atoms with Crippen LogP contribution < -0.4 is 15.0 Å². The predicted molar refractivity (Wildman–Crippen MR) is 89.1 cm³/mol. The first-order valence-corrected chi connectivity index (χ1v) is 7.85. The van der Waals surface area contributed by atoms with Gasteiger partial charge in [0.15, 0.2) is 0 Å². The minimum atomic E-state index is 0.644. The molecule has 1 N–H and O–H groups in total. The Morgan fingerprint density at radius 1 is 1.14 bits per heavy atom. The highest BCUT2D eigenvalue weighted by Crippen LogP contribution is 2.22. The van der Waals surface area contributed by atoms with Crippen LogP contribution in [0.4, 0.5) is 17.5 Å². The zero-order valence-electron chi connectivity index (χ0n) is 13.2. The monoisotopic (exact) mass is 298 g/mol. The van der Waals surface area contributed by atoms with E-state index >= 15 is 0 Å². The standard InChI is InChI=1S/C17H22N4O/c1-3-22-15-8-6-14(7-9-15)19-17-18-13(2)12-16(20-17)21-10-4-5-11-21/h6-9,12H,3-5,10-11H2,1-2H3,(H,18,19,20). The lowest BCUT2D eigenvalue weighted by molar-refractivity contribution is 0.340. The molecule has 1 fully saturated rings. The van der Waals surface area contributed by atoms with Crippen LogP contribution in [-0.2, 0) is 0 Å². The molecule has 22 heavy (non-hydrogen) atoms. The van der Waals surface area contributed by atoms with E-state index in [9.17, 15) is 0 Å². The van der Waals surface area contributed by atoms with Gasteiger partial charge in [0.25, 0.3) is 0 Å². The summed E-state index contributed by atoms with van der Waals surface area (Å²) in [4.78, 5) is 11.4. The van der Waals surface area contributed by atoms with Gasteiger partial charge in [0.05, 0.1) is 6.61 Å². The fourth-order valence-electron chi connectivity index (χ4n) is 2.65. The number of ether oxygens (including phenoxy) is 1. The number of aryl methyl sites for hydroxylation is 1. The van der Waals surface area contributed by atoms with Crippen molar-refractivity contribution in [3.63, 3.8) is 0 Å². The van der Waals surface area contributed by atoms with Crippen molar-refractivity contribution >= 4 is 17.5 Å². The van der Waals surface area contributed by atoms with Crippen molar-refractivity contribution in [1.82, 2.24) is 9.97 Å². The summed E-state index contributed by atoms with van der Waals surface area (Å²) in [7, 11) is 0. The zero-order chi connectivity index (χ0) is 15.4. The van der Waals surface area contributed by atoms with E-state index in [1.165, 1.54) is 12.8 Å². The Kier molecular flexibility index (Phi) is 4.42. The Morgan fingerprint density at radius 3 is 2.55 bits per heavy atom. The Bertz CT molecular complexity index is 621. The molecule has 0 spiro atoms. The van der Waals surface area contributed by atoms with Gasteiger partial charge in [-0.15, -0.1) is 0 Å². The largest absolute Gasteiger partial charge is 0.494 e. The average Bonchev–Trinajstić information content (AvgIpc) is 3.03. The number of hydrogen-bond acceptors (Lipinski definition) is 5.